The number of benzene rings is 1. The first-order valence-corrected chi connectivity index (χ1v) is 5.32. The topological polar surface area (TPSA) is 17.1 Å². The number of Topliss-reactive ketones (excluding diaryl/α,β-unsaturated/α-hetero) is 1. The minimum atomic E-state index is -0.0595. The molecule has 1 heteroatoms. The van der Waals surface area contributed by atoms with E-state index in [4.69, 9.17) is 0 Å². The van der Waals surface area contributed by atoms with Gasteiger partial charge in [0.05, 0.1) is 5.41 Å². The first-order chi connectivity index (χ1) is 6.72. The summed E-state index contributed by atoms with van der Waals surface area (Å²) in [5.41, 5.74) is 2.51. The molecule has 0 N–H and O–H groups in total. The molecule has 0 aliphatic heterocycles. The third-order valence-electron chi connectivity index (χ3n) is 3.94. The molecular weight excluding hydrogens is 172 g/mol. The van der Waals surface area contributed by atoms with Crippen LogP contribution < -0.4 is 0 Å². The van der Waals surface area contributed by atoms with Crippen LogP contribution in [-0.4, -0.2) is 5.78 Å². The monoisotopic (exact) mass is 186 g/mol. The fourth-order valence-electron chi connectivity index (χ4n) is 3.24. The Bertz CT molecular complexity index is 399. The number of rotatable bonds is 1. The SMILES string of the molecule is Cc1ccccc1C12CC(CC1=O)C2. The largest absolute Gasteiger partial charge is 0.299 e. The molecule has 1 aromatic carbocycles. The molecule has 0 radical (unpaired) electrons. The van der Waals surface area contributed by atoms with E-state index in [1.54, 1.807) is 0 Å². The van der Waals surface area contributed by atoms with E-state index in [1.807, 2.05) is 6.07 Å². The van der Waals surface area contributed by atoms with Crippen LogP contribution in [-0.2, 0) is 10.2 Å². The Balaban J connectivity index is 2.12. The van der Waals surface area contributed by atoms with Gasteiger partial charge in [-0.3, -0.25) is 4.79 Å². The van der Waals surface area contributed by atoms with Gasteiger partial charge in [-0.15, -0.1) is 0 Å². The number of hydrogen-bond donors (Lipinski definition) is 0. The maximum atomic E-state index is 11.9. The molecule has 72 valence electrons. The molecule has 3 saturated carbocycles. The molecule has 0 atom stereocenters. The van der Waals surface area contributed by atoms with Crippen molar-refractivity contribution >= 4 is 5.78 Å². The molecule has 2 bridgehead atoms. The fraction of sp³-hybridized carbons (Fsp3) is 0.462. The average Bonchev–Trinajstić information content (AvgIpc) is 2.57. The van der Waals surface area contributed by atoms with Gasteiger partial charge in [0, 0.05) is 6.42 Å². The first-order valence-electron chi connectivity index (χ1n) is 5.32. The second-order valence-electron chi connectivity index (χ2n) is 4.80. The van der Waals surface area contributed by atoms with E-state index < -0.39 is 0 Å². The normalized spacial score (nSPS) is 34.4. The van der Waals surface area contributed by atoms with Gasteiger partial charge in [-0.2, -0.15) is 0 Å². The number of ketones is 1. The standard InChI is InChI=1S/C13H14O/c1-9-4-2-3-5-11(9)13-7-10(8-13)6-12(13)14/h2-5,10H,6-8H2,1H3. The minimum Gasteiger partial charge on any atom is -0.299 e. The molecule has 0 unspecified atom stereocenters. The van der Waals surface area contributed by atoms with Crippen molar-refractivity contribution in [2.45, 2.75) is 31.6 Å². The lowest BCUT2D eigenvalue weighted by Crippen LogP contribution is -2.37. The summed E-state index contributed by atoms with van der Waals surface area (Å²) in [5, 5.41) is 0. The number of carbonyl (C=O) groups excluding carboxylic acids is 1. The van der Waals surface area contributed by atoms with Crippen LogP contribution in [0.5, 0.6) is 0 Å². The summed E-state index contributed by atoms with van der Waals surface area (Å²) in [6.45, 7) is 2.11. The second-order valence-corrected chi connectivity index (χ2v) is 4.80. The van der Waals surface area contributed by atoms with Gasteiger partial charge in [-0.05, 0) is 36.8 Å². The van der Waals surface area contributed by atoms with Crippen molar-refractivity contribution < 1.29 is 4.79 Å². The number of hydrogen-bond acceptors (Lipinski definition) is 1. The first kappa shape index (κ1) is 8.22. The van der Waals surface area contributed by atoms with E-state index in [2.05, 4.69) is 25.1 Å². The molecule has 3 aliphatic carbocycles. The zero-order valence-corrected chi connectivity index (χ0v) is 8.42. The predicted molar refractivity (Wildman–Crippen MR) is 55.2 cm³/mol. The van der Waals surface area contributed by atoms with Crippen LogP contribution in [0.25, 0.3) is 0 Å². The van der Waals surface area contributed by atoms with Crippen molar-refractivity contribution in [1.29, 1.82) is 0 Å². The Morgan fingerprint density at radius 2 is 2.00 bits per heavy atom. The predicted octanol–water partition coefficient (Wildman–Crippen LogP) is 2.62. The van der Waals surface area contributed by atoms with E-state index >= 15 is 0 Å². The lowest BCUT2D eigenvalue weighted by molar-refractivity contribution is -0.121. The fourth-order valence-corrected chi connectivity index (χ4v) is 3.24. The Kier molecular flexibility index (Phi) is 1.45. The summed E-state index contributed by atoms with van der Waals surface area (Å²) < 4.78 is 0. The van der Waals surface area contributed by atoms with Crippen molar-refractivity contribution in [3.8, 4) is 0 Å². The Labute approximate surface area is 84.1 Å². The minimum absolute atomic E-state index is 0.0595. The van der Waals surface area contributed by atoms with Gasteiger partial charge in [-0.1, -0.05) is 24.3 Å². The lowest BCUT2D eigenvalue weighted by atomic mass is 9.64. The van der Waals surface area contributed by atoms with Gasteiger partial charge in [-0.25, -0.2) is 0 Å². The van der Waals surface area contributed by atoms with Gasteiger partial charge in [0.25, 0.3) is 0 Å². The molecule has 14 heavy (non-hydrogen) atoms. The van der Waals surface area contributed by atoms with Crippen LogP contribution in [0.15, 0.2) is 24.3 Å². The maximum absolute atomic E-state index is 11.9. The molecule has 3 aliphatic rings. The van der Waals surface area contributed by atoms with Gasteiger partial charge in [0.1, 0.15) is 5.78 Å². The molecular formula is C13H14O. The van der Waals surface area contributed by atoms with Crippen LogP contribution in [0.3, 0.4) is 0 Å². The van der Waals surface area contributed by atoms with E-state index in [0.29, 0.717) is 11.7 Å². The average molecular weight is 186 g/mol. The van der Waals surface area contributed by atoms with Gasteiger partial charge >= 0.3 is 0 Å². The molecule has 0 amide bonds. The molecule has 0 saturated heterocycles. The summed E-state index contributed by atoms with van der Waals surface area (Å²) in [6, 6.07) is 8.35. The molecule has 0 spiro atoms. The van der Waals surface area contributed by atoms with Crippen molar-refractivity contribution in [2.24, 2.45) is 5.92 Å². The third-order valence-corrected chi connectivity index (χ3v) is 3.94. The number of fused-ring (bicyclic) bond motifs is 1. The molecule has 1 nitrogen and oxygen atoms in total. The van der Waals surface area contributed by atoms with Crippen LogP contribution in [0, 0.1) is 12.8 Å². The van der Waals surface area contributed by atoms with Gasteiger partial charge in [0.2, 0.25) is 0 Å². The zero-order chi connectivity index (χ0) is 9.76. The summed E-state index contributed by atoms with van der Waals surface area (Å²) in [5.74, 6) is 1.18. The summed E-state index contributed by atoms with van der Waals surface area (Å²) >= 11 is 0. The lowest BCUT2D eigenvalue weighted by Gasteiger charge is -2.38. The van der Waals surface area contributed by atoms with Crippen LogP contribution >= 0.6 is 0 Å². The highest BCUT2D eigenvalue weighted by atomic mass is 16.1. The number of aryl methyl sites for hydroxylation is 1. The Morgan fingerprint density at radius 1 is 1.29 bits per heavy atom. The quantitative estimate of drug-likeness (QED) is 0.659. The summed E-state index contributed by atoms with van der Waals surface area (Å²) in [4.78, 5) is 11.9. The molecule has 0 heterocycles. The maximum Gasteiger partial charge on any atom is 0.143 e. The molecule has 4 rings (SSSR count). The highest BCUT2D eigenvalue weighted by Gasteiger charge is 2.58. The molecule has 0 aromatic heterocycles. The highest BCUT2D eigenvalue weighted by molar-refractivity contribution is 5.95. The molecule has 3 fully saturated rings. The van der Waals surface area contributed by atoms with Crippen LogP contribution in [0.2, 0.25) is 0 Å². The smallest absolute Gasteiger partial charge is 0.143 e. The van der Waals surface area contributed by atoms with Crippen molar-refractivity contribution in [3.05, 3.63) is 35.4 Å². The molecule has 1 aromatic rings. The summed E-state index contributed by atoms with van der Waals surface area (Å²) in [7, 11) is 0. The van der Waals surface area contributed by atoms with E-state index in [9.17, 15) is 4.79 Å². The third kappa shape index (κ3) is 0.827. The Hall–Kier alpha value is -1.11. The van der Waals surface area contributed by atoms with Crippen LogP contribution in [0.1, 0.15) is 30.4 Å². The van der Waals surface area contributed by atoms with E-state index in [0.717, 1.165) is 19.3 Å². The van der Waals surface area contributed by atoms with Crippen molar-refractivity contribution in [1.82, 2.24) is 0 Å². The van der Waals surface area contributed by atoms with Crippen LogP contribution in [0.4, 0.5) is 0 Å². The van der Waals surface area contributed by atoms with Gasteiger partial charge in [0.15, 0.2) is 0 Å². The van der Waals surface area contributed by atoms with Crippen molar-refractivity contribution in [3.63, 3.8) is 0 Å². The van der Waals surface area contributed by atoms with Crippen molar-refractivity contribution in [2.75, 3.05) is 0 Å². The number of carbonyl (C=O) groups is 1. The van der Waals surface area contributed by atoms with Gasteiger partial charge < -0.3 is 0 Å². The zero-order valence-electron chi connectivity index (χ0n) is 8.42. The Morgan fingerprint density at radius 3 is 2.57 bits per heavy atom. The van der Waals surface area contributed by atoms with E-state index in [1.165, 1.54) is 11.1 Å². The summed E-state index contributed by atoms with van der Waals surface area (Å²) in [6.07, 6.45) is 3.04. The second kappa shape index (κ2) is 2.47. The van der Waals surface area contributed by atoms with E-state index in [-0.39, 0.29) is 5.41 Å². The highest BCUT2D eigenvalue weighted by Crippen LogP contribution is 2.57.